The van der Waals surface area contributed by atoms with Crippen molar-refractivity contribution < 1.29 is 14.3 Å². The number of rotatable bonds is 3. The average molecular weight is 276 g/mol. The lowest BCUT2D eigenvalue weighted by atomic mass is 10.1. The molecule has 1 heterocycles. The van der Waals surface area contributed by atoms with Crippen molar-refractivity contribution in [3.63, 3.8) is 0 Å². The summed E-state index contributed by atoms with van der Waals surface area (Å²) < 4.78 is 5.52. The predicted octanol–water partition coefficient (Wildman–Crippen LogP) is 1.82. The van der Waals surface area contributed by atoms with Crippen LogP contribution in [-0.4, -0.2) is 31.5 Å². The van der Waals surface area contributed by atoms with Crippen LogP contribution in [0.2, 0.25) is 0 Å². The van der Waals surface area contributed by atoms with Crippen molar-refractivity contribution >= 4 is 17.5 Å². The van der Waals surface area contributed by atoms with Crippen LogP contribution in [0.15, 0.2) is 18.2 Å². The Hall–Kier alpha value is -2.04. The van der Waals surface area contributed by atoms with Gasteiger partial charge >= 0.3 is 0 Å². The molecule has 1 aliphatic rings. The van der Waals surface area contributed by atoms with Gasteiger partial charge in [0.15, 0.2) is 6.10 Å². The van der Waals surface area contributed by atoms with Crippen molar-refractivity contribution in [3.8, 4) is 5.75 Å². The Labute approximate surface area is 118 Å². The van der Waals surface area contributed by atoms with E-state index >= 15 is 0 Å². The number of nitrogens with zero attached hydrogens (tertiary/aromatic N) is 1. The minimum absolute atomic E-state index is 0.114. The number of benzene rings is 1. The first-order chi connectivity index (χ1) is 9.40. The summed E-state index contributed by atoms with van der Waals surface area (Å²) in [5, 5.41) is 2.86. The molecular weight excluding hydrogens is 256 g/mol. The summed E-state index contributed by atoms with van der Waals surface area (Å²) >= 11 is 0. The van der Waals surface area contributed by atoms with E-state index in [9.17, 15) is 9.59 Å². The zero-order valence-electron chi connectivity index (χ0n) is 12.3. The van der Waals surface area contributed by atoms with E-state index in [4.69, 9.17) is 4.74 Å². The number of hydrogen-bond donors (Lipinski definition) is 1. The monoisotopic (exact) mass is 276 g/mol. The van der Waals surface area contributed by atoms with Crippen LogP contribution in [-0.2, 0) is 4.79 Å². The summed E-state index contributed by atoms with van der Waals surface area (Å²) in [5.41, 5.74) is 1.16. The van der Waals surface area contributed by atoms with Gasteiger partial charge in [-0.05, 0) is 31.0 Å². The zero-order valence-corrected chi connectivity index (χ0v) is 12.3. The molecule has 108 valence electrons. The molecule has 1 atom stereocenters. The smallest absolute Gasteiger partial charge is 0.267 e. The van der Waals surface area contributed by atoms with Gasteiger partial charge in [0.2, 0.25) is 0 Å². The molecule has 20 heavy (non-hydrogen) atoms. The number of amides is 2. The fourth-order valence-electron chi connectivity index (χ4n) is 2.05. The molecule has 5 heteroatoms. The lowest BCUT2D eigenvalue weighted by molar-refractivity contribution is -0.125. The van der Waals surface area contributed by atoms with Crippen molar-refractivity contribution in [1.29, 1.82) is 0 Å². The van der Waals surface area contributed by atoms with E-state index in [-0.39, 0.29) is 11.8 Å². The Balaban J connectivity index is 2.23. The van der Waals surface area contributed by atoms with Gasteiger partial charge in [0.05, 0.1) is 5.69 Å². The molecule has 1 aromatic rings. The fourth-order valence-corrected chi connectivity index (χ4v) is 2.05. The van der Waals surface area contributed by atoms with Gasteiger partial charge in [-0.1, -0.05) is 13.8 Å². The average Bonchev–Trinajstić information content (AvgIpc) is 2.42. The van der Waals surface area contributed by atoms with Gasteiger partial charge in [0.1, 0.15) is 5.75 Å². The molecule has 1 N–H and O–H groups in total. The van der Waals surface area contributed by atoms with Gasteiger partial charge in [-0.25, -0.2) is 0 Å². The number of hydrogen-bond acceptors (Lipinski definition) is 3. The highest BCUT2D eigenvalue weighted by atomic mass is 16.5. The number of carbonyl (C=O) groups is 2. The number of likely N-dealkylation sites (N-methyl/N-ethyl adjacent to an activating group) is 1. The summed E-state index contributed by atoms with van der Waals surface area (Å²) in [6.07, 6.45) is -0.492. The van der Waals surface area contributed by atoms with E-state index in [0.717, 1.165) is 0 Å². The molecule has 1 aliphatic heterocycles. The number of ether oxygens (including phenoxy) is 1. The second kappa shape index (κ2) is 5.53. The number of anilines is 1. The van der Waals surface area contributed by atoms with Gasteiger partial charge in [0, 0.05) is 19.2 Å². The summed E-state index contributed by atoms with van der Waals surface area (Å²) in [4.78, 5) is 25.4. The lowest BCUT2D eigenvalue weighted by Gasteiger charge is -2.30. The van der Waals surface area contributed by atoms with Crippen molar-refractivity contribution in [2.24, 2.45) is 5.92 Å². The van der Waals surface area contributed by atoms with Crippen LogP contribution in [0.3, 0.4) is 0 Å². The molecule has 0 aromatic heterocycles. The predicted molar refractivity (Wildman–Crippen MR) is 77.1 cm³/mol. The van der Waals surface area contributed by atoms with E-state index in [1.807, 2.05) is 13.8 Å². The van der Waals surface area contributed by atoms with Gasteiger partial charge in [-0.2, -0.15) is 0 Å². The largest absolute Gasteiger partial charge is 0.479 e. The Morgan fingerprint density at radius 3 is 2.80 bits per heavy atom. The van der Waals surface area contributed by atoms with E-state index in [1.54, 1.807) is 32.2 Å². The summed E-state index contributed by atoms with van der Waals surface area (Å²) in [6, 6.07) is 5.14. The number of carbonyl (C=O) groups excluding carboxylic acids is 2. The topological polar surface area (TPSA) is 58.6 Å². The van der Waals surface area contributed by atoms with Gasteiger partial charge < -0.3 is 15.0 Å². The molecule has 0 saturated carbocycles. The molecule has 2 rings (SSSR count). The Bertz CT molecular complexity index is 540. The number of nitrogens with one attached hydrogen (secondary N) is 1. The molecule has 1 aromatic carbocycles. The maximum Gasteiger partial charge on any atom is 0.267 e. The van der Waals surface area contributed by atoms with Crippen LogP contribution in [0.5, 0.6) is 5.75 Å². The molecule has 0 fully saturated rings. The second-order valence-corrected chi connectivity index (χ2v) is 5.44. The maximum atomic E-state index is 12.0. The van der Waals surface area contributed by atoms with E-state index < -0.39 is 6.10 Å². The third-order valence-corrected chi connectivity index (χ3v) is 3.24. The molecule has 0 bridgehead atoms. The third kappa shape index (κ3) is 2.76. The minimum atomic E-state index is -0.492. The summed E-state index contributed by atoms with van der Waals surface area (Å²) in [5.74, 6) is 0.767. The Morgan fingerprint density at radius 2 is 2.15 bits per heavy atom. The quantitative estimate of drug-likeness (QED) is 0.916. The fraction of sp³-hybridized carbons (Fsp3) is 0.467. The van der Waals surface area contributed by atoms with Gasteiger partial charge in [-0.3, -0.25) is 9.59 Å². The standard InChI is InChI=1S/C15H20N2O3/c1-9(2)8-16-14(18)11-5-6-13-12(7-11)17(4)15(19)10(3)20-13/h5-7,9-10H,8H2,1-4H3,(H,16,18). The molecule has 0 aliphatic carbocycles. The van der Waals surface area contributed by atoms with Crippen molar-refractivity contribution in [3.05, 3.63) is 23.8 Å². The van der Waals surface area contributed by atoms with E-state index in [2.05, 4.69) is 5.32 Å². The van der Waals surface area contributed by atoms with Crippen LogP contribution >= 0.6 is 0 Å². The second-order valence-electron chi connectivity index (χ2n) is 5.44. The summed E-state index contributed by atoms with van der Waals surface area (Å²) in [6.45, 7) is 6.41. The molecule has 0 radical (unpaired) electrons. The van der Waals surface area contributed by atoms with Crippen LogP contribution in [0.4, 0.5) is 5.69 Å². The first kappa shape index (κ1) is 14.4. The van der Waals surface area contributed by atoms with E-state index in [0.29, 0.717) is 29.5 Å². The van der Waals surface area contributed by atoms with Gasteiger partial charge in [0.25, 0.3) is 11.8 Å². The maximum absolute atomic E-state index is 12.0. The number of fused-ring (bicyclic) bond motifs is 1. The highest BCUT2D eigenvalue weighted by molar-refractivity contribution is 6.02. The third-order valence-electron chi connectivity index (χ3n) is 3.24. The first-order valence-electron chi connectivity index (χ1n) is 6.76. The van der Waals surface area contributed by atoms with Crippen LogP contribution in [0, 0.1) is 5.92 Å². The summed E-state index contributed by atoms with van der Waals surface area (Å²) in [7, 11) is 1.69. The van der Waals surface area contributed by atoms with E-state index in [1.165, 1.54) is 4.90 Å². The minimum Gasteiger partial charge on any atom is -0.479 e. The molecule has 5 nitrogen and oxygen atoms in total. The first-order valence-corrected chi connectivity index (χ1v) is 6.76. The molecular formula is C15H20N2O3. The molecule has 0 spiro atoms. The normalized spacial score (nSPS) is 17.8. The molecule has 0 saturated heterocycles. The van der Waals surface area contributed by atoms with Crippen LogP contribution < -0.4 is 15.0 Å². The molecule has 1 unspecified atom stereocenters. The molecule has 2 amide bonds. The zero-order chi connectivity index (χ0) is 14.9. The SMILES string of the molecule is CC(C)CNC(=O)c1ccc2c(c1)N(C)C(=O)C(C)O2. The van der Waals surface area contributed by atoms with Crippen LogP contribution in [0.25, 0.3) is 0 Å². The Kier molecular flexibility index (Phi) is 3.97. The highest BCUT2D eigenvalue weighted by Gasteiger charge is 2.29. The van der Waals surface area contributed by atoms with Gasteiger partial charge in [-0.15, -0.1) is 0 Å². The highest BCUT2D eigenvalue weighted by Crippen LogP contribution is 2.33. The van der Waals surface area contributed by atoms with Crippen molar-refractivity contribution in [2.75, 3.05) is 18.5 Å². The van der Waals surface area contributed by atoms with Crippen molar-refractivity contribution in [2.45, 2.75) is 26.9 Å². The van der Waals surface area contributed by atoms with Crippen molar-refractivity contribution in [1.82, 2.24) is 5.32 Å². The van der Waals surface area contributed by atoms with Crippen LogP contribution in [0.1, 0.15) is 31.1 Å². The lowest BCUT2D eigenvalue weighted by Crippen LogP contribution is -2.42. The Morgan fingerprint density at radius 1 is 1.45 bits per heavy atom.